The first-order valence-electron chi connectivity index (χ1n) is 13.3. The largest absolute Gasteiger partial charge is 0.394 e. The van der Waals surface area contributed by atoms with E-state index in [1.54, 1.807) is 0 Å². The lowest BCUT2D eigenvalue weighted by atomic mass is 10.0. The van der Waals surface area contributed by atoms with E-state index in [2.05, 4.69) is 36.3 Å². The summed E-state index contributed by atoms with van der Waals surface area (Å²) in [4.78, 5) is 68.8. The number of primary amides is 1. The highest BCUT2D eigenvalue weighted by atomic mass is 16.3. The molecule has 0 aromatic rings. The van der Waals surface area contributed by atoms with E-state index in [9.17, 15) is 29.1 Å². The van der Waals surface area contributed by atoms with Gasteiger partial charge in [-0.1, -0.05) is 11.5 Å². The number of carbonyl (C=O) groups excluding carboxylic acids is 5. The zero-order valence-corrected chi connectivity index (χ0v) is 23.4. The van der Waals surface area contributed by atoms with Gasteiger partial charge in [-0.05, 0) is 57.0 Å². The molecule has 0 bridgehead atoms. The predicted octanol–water partition coefficient (Wildman–Crippen LogP) is -2.91. The van der Waals surface area contributed by atoms with Gasteiger partial charge < -0.3 is 49.3 Å². The van der Waals surface area contributed by atoms with Gasteiger partial charge >= 0.3 is 0 Å². The molecule has 0 heterocycles. The second-order valence-corrected chi connectivity index (χ2v) is 9.21. The van der Waals surface area contributed by atoms with Crippen LogP contribution in [0.1, 0.15) is 58.3 Å². The van der Waals surface area contributed by atoms with Crippen LogP contribution < -0.4 is 44.2 Å². The Kier molecular flexibility index (Phi) is 19.5. The maximum atomic E-state index is 13.0. The van der Waals surface area contributed by atoms with E-state index < -0.39 is 60.3 Å². The fourth-order valence-electron chi connectivity index (χ4n) is 3.65. The van der Waals surface area contributed by atoms with E-state index in [1.807, 2.05) is 0 Å². The lowest BCUT2D eigenvalue weighted by Crippen LogP contribution is -2.58. The third-order valence-corrected chi connectivity index (χ3v) is 5.76. The predicted molar refractivity (Wildman–Crippen MR) is 150 cm³/mol. The Morgan fingerprint density at radius 3 is 1.80 bits per heavy atom. The number of nitrogens with two attached hydrogens (primary N) is 4. The zero-order chi connectivity index (χ0) is 31.2. The summed E-state index contributed by atoms with van der Waals surface area (Å²) in [6.45, 7) is 1.19. The maximum absolute atomic E-state index is 13.0. The Labute approximate surface area is 238 Å². The average molecular weight is 585 g/mol. The molecule has 4 atom stereocenters. The van der Waals surface area contributed by atoms with Crippen LogP contribution in [0.15, 0.2) is 10.1 Å². The van der Waals surface area contributed by atoms with Crippen molar-refractivity contribution in [2.75, 3.05) is 26.2 Å². The smallest absolute Gasteiger partial charge is 0.245 e. The summed E-state index contributed by atoms with van der Waals surface area (Å²) < 4.78 is 0. The fourth-order valence-corrected chi connectivity index (χ4v) is 3.65. The van der Waals surface area contributed by atoms with E-state index in [-0.39, 0.29) is 38.3 Å². The van der Waals surface area contributed by atoms with Gasteiger partial charge in [-0.3, -0.25) is 29.0 Å². The molecule has 0 aliphatic rings. The second kappa shape index (κ2) is 21.6. The van der Waals surface area contributed by atoms with Gasteiger partial charge in [-0.25, -0.2) is 0 Å². The number of nitrogens with one attached hydrogen (secondary N) is 4. The van der Waals surface area contributed by atoms with Crippen LogP contribution in [-0.2, 0) is 24.0 Å². The first kappa shape index (κ1) is 36.8. The number of azide groups is 1. The van der Waals surface area contributed by atoms with Gasteiger partial charge in [-0.15, -0.1) is 0 Å². The minimum atomic E-state index is -1.45. The number of hydrogen-bond acceptors (Lipinski definition) is 9. The van der Waals surface area contributed by atoms with Crippen LogP contribution in [0, 0.1) is 0 Å². The lowest BCUT2D eigenvalue weighted by Gasteiger charge is -2.25. The molecule has 5 amide bonds. The summed E-state index contributed by atoms with van der Waals surface area (Å²) in [5.74, 6) is -3.68. The van der Waals surface area contributed by atoms with Crippen molar-refractivity contribution < 1.29 is 29.1 Å². The number of aliphatic hydroxyl groups excluding tert-OH is 1. The van der Waals surface area contributed by atoms with E-state index in [0.29, 0.717) is 38.6 Å². The van der Waals surface area contributed by atoms with Gasteiger partial charge in [0.15, 0.2) is 5.96 Å². The molecule has 0 radical (unpaired) electrons. The zero-order valence-electron chi connectivity index (χ0n) is 23.4. The summed E-state index contributed by atoms with van der Waals surface area (Å²) in [6, 6.07) is -4.65. The normalized spacial score (nSPS) is 13.3. The summed E-state index contributed by atoms with van der Waals surface area (Å²) in [5, 5.41) is 23.1. The Bertz CT molecular complexity index is 936. The van der Waals surface area contributed by atoms with Crippen LogP contribution in [0.5, 0.6) is 0 Å². The molecule has 18 nitrogen and oxygen atoms in total. The minimum Gasteiger partial charge on any atom is -0.394 e. The third-order valence-electron chi connectivity index (χ3n) is 5.76. The number of rotatable bonds is 22. The van der Waals surface area contributed by atoms with E-state index in [0.717, 1.165) is 0 Å². The van der Waals surface area contributed by atoms with Crippen LogP contribution in [0.3, 0.4) is 0 Å². The van der Waals surface area contributed by atoms with Crippen molar-refractivity contribution in [2.24, 2.45) is 33.0 Å². The lowest BCUT2D eigenvalue weighted by molar-refractivity contribution is -0.135. The molecule has 0 spiro atoms. The van der Waals surface area contributed by atoms with Gasteiger partial charge in [-0.2, -0.15) is 0 Å². The van der Waals surface area contributed by atoms with Crippen molar-refractivity contribution in [3.05, 3.63) is 10.4 Å². The van der Waals surface area contributed by atoms with Crippen LogP contribution >= 0.6 is 0 Å². The summed E-state index contributed by atoms with van der Waals surface area (Å²) in [5.41, 5.74) is 29.9. The number of hydrogen-bond donors (Lipinski definition) is 9. The SMILES string of the molecule is CC(=O)N[C@@H](CCCN=C(N)N)C(=O)N[C@@H](CO)C(=O)N[C@@H](CCCCN)C(=O)N[C@@H](CCCCN=[N+]=[N-])C(N)=O. The van der Waals surface area contributed by atoms with Gasteiger partial charge in [0.2, 0.25) is 29.5 Å². The molecule has 232 valence electrons. The molecule has 0 unspecified atom stereocenters. The number of guanidine groups is 1. The minimum absolute atomic E-state index is 0.125. The number of aliphatic imine (C=N–C) groups is 1. The fraction of sp³-hybridized carbons (Fsp3) is 0.739. The molecule has 0 aromatic carbocycles. The molecule has 0 saturated carbocycles. The van der Waals surface area contributed by atoms with E-state index in [4.69, 9.17) is 28.5 Å². The Morgan fingerprint density at radius 1 is 0.756 bits per heavy atom. The highest BCUT2D eigenvalue weighted by molar-refractivity contribution is 5.95. The average Bonchev–Trinajstić information content (AvgIpc) is 2.91. The topological polar surface area (TPSA) is 319 Å². The van der Waals surface area contributed by atoms with Crippen molar-refractivity contribution in [2.45, 2.75) is 82.5 Å². The Hall–Kier alpha value is -4.15. The number of carbonyl (C=O) groups is 5. The standard InChI is InChI=1S/C23H44N12O6/c1-14(37)31-16(9-6-11-29-23(26)27)20(39)34-18(13-36)22(41)33-17(8-2-4-10-24)21(40)32-15(19(25)38)7-3-5-12-30-35-28/h15-18,36H,2-13,24H2,1H3,(H2,25,38)(H,31,37)(H,32,40)(H,33,41)(H,34,39)(H4,26,27,29)/t15-,16-,17-,18-/m0/s1. The van der Waals surface area contributed by atoms with Crippen molar-refractivity contribution in [3.8, 4) is 0 Å². The monoisotopic (exact) mass is 584 g/mol. The highest BCUT2D eigenvalue weighted by Gasteiger charge is 2.30. The third kappa shape index (κ3) is 17.2. The molecule has 0 rings (SSSR count). The molecule has 18 heteroatoms. The van der Waals surface area contributed by atoms with Crippen LogP contribution in [0.4, 0.5) is 0 Å². The highest BCUT2D eigenvalue weighted by Crippen LogP contribution is 2.06. The Balaban J connectivity index is 5.44. The van der Waals surface area contributed by atoms with Crippen molar-refractivity contribution >= 4 is 35.5 Å². The molecule has 13 N–H and O–H groups in total. The van der Waals surface area contributed by atoms with Gasteiger partial charge in [0.1, 0.15) is 24.2 Å². The molecule has 0 aliphatic carbocycles. The van der Waals surface area contributed by atoms with Crippen molar-refractivity contribution in [1.82, 2.24) is 21.3 Å². The molecule has 41 heavy (non-hydrogen) atoms. The summed E-state index contributed by atoms with van der Waals surface area (Å²) >= 11 is 0. The van der Waals surface area contributed by atoms with Crippen molar-refractivity contribution in [1.29, 1.82) is 0 Å². The number of amides is 5. The molecular weight excluding hydrogens is 540 g/mol. The van der Waals surface area contributed by atoms with Crippen LogP contribution in [0.2, 0.25) is 0 Å². The van der Waals surface area contributed by atoms with Crippen LogP contribution in [-0.4, -0.2) is 91.0 Å². The first-order valence-corrected chi connectivity index (χ1v) is 13.3. The molecule has 0 aliphatic heterocycles. The van der Waals surface area contributed by atoms with E-state index >= 15 is 0 Å². The number of nitrogens with zero attached hydrogens (tertiary/aromatic N) is 4. The molecule has 0 aromatic heterocycles. The number of unbranched alkanes of at least 4 members (excludes halogenated alkanes) is 2. The molecular formula is C23H44N12O6. The number of aliphatic hydroxyl groups is 1. The van der Waals surface area contributed by atoms with Gasteiger partial charge in [0.25, 0.3) is 0 Å². The summed E-state index contributed by atoms with van der Waals surface area (Å²) in [6.07, 6.45) is 2.75. The maximum Gasteiger partial charge on any atom is 0.245 e. The quantitative estimate of drug-likeness (QED) is 0.0157. The second-order valence-electron chi connectivity index (χ2n) is 9.21. The van der Waals surface area contributed by atoms with Gasteiger partial charge in [0.05, 0.1) is 6.61 Å². The van der Waals surface area contributed by atoms with Crippen molar-refractivity contribution in [3.63, 3.8) is 0 Å². The van der Waals surface area contributed by atoms with E-state index in [1.165, 1.54) is 6.92 Å². The first-order chi connectivity index (χ1) is 19.5. The van der Waals surface area contributed by atoms with Gasteiger partial charge in [0, 0.05) is 24.9 Å². The Morgan fingerprint density at radius 2 is 1.27 bits per heavy atom. The molecule has 0 saturated heterocycles. The van der Waals surface area contributed by atoms with Crippen LogP contribution in [0.25, 0.3) is 10.4 Å². The summed E-state index contributed by atoms with van der Waals surface area (Å²) in [7, 11) is 0. The molecule has 0 fully saturated rings.